The summed E-state index contributed by atoms with van der Waals surface area (Å²) in [6, 6.07) is 15.4. The summed E-state index contributed by atoms with van der Waals surface area (Å²) in [7, 11) is -3.03. The molecule has 0 spiro atoms. The van der Waals surface area contributed by atoms with E-state index in [1.54, 1.807) is 50.2 Å². The SMILES string of the molecule is CCCNC(=O)C(CC)N(Cc1cccc(OC)c1)C(=O)CN(c1cccc(C(F)(F)F)c1)S(=O)(=O)c1ccc(C)cc1. The van der Waals surface area contributed by atoms with Crippen LogP contribution in [0.15, 0.2) is 77.7 Å². The molecule has 0 fully saturated rings. The number of hydrogen-bond acceptors (Lipinski definition) is 5. The van der Waals surface area contributed by atoms with E-state index in [1.165, 1.54) is 30.2 Å². The second-order valence-corrected chi connectivity index (χ2v) is 11.8. The predicted molar refractivity (Wildman–Crippen MR) is 158 cm³/mol. The fourth-order valence-electron chi connectivity index (χ4n) is 4.46. The molecule has 0 radical (unpaired) electrons. The quantitative estimate of drug-likeness (QED) is 0.271. The third-order valence-electron chi connectivity index (χ3n) is 6.77. The van der Waals surface area contributed by atoms with Crippen molar-refractivity contribution in [3.05, 3.63) is 89.5 Å². The van der Waals surface area contributed by atoms with Gasteiger partial charge in [0, 0.05) is 13.1 Å². The maximum Gasteiger partial charge on any atom is 0.416 e. The summed E-state index contributed by atoms with van der Waals surface area (Å²) in [6.07, 6.45) is -3.88. The number of carbonyl (C=O) groups excluding carboxylic acids is 2. The molecule has 1 atom stereocenters. The average molecular weight is 620 g/mol. The zero-order chi connectivity index (χ0) is 31.8. The number of rotatable bonds is 13. The van der Waals surface area contributed by atoms with Gasteiger partial charge in [0.2, 0.25) is 11.8 Å². The molecule has 8 nitrogen and oxygen atoms in total. The molecule has 43 heavy (non-hydrogen) atoms. The number of amides is 2. The lowest BCUT2D eigenvalue weighted by Gasteiger charge is -2.33. The Kier molecular flexibility index (Phi) is 11.2. The fraction of sp³-hybridized carbons (Fsp3) is 0.355. The third-order valence-corrected chi connectivity index (χ3v) is 8.56. The lowest BCUT2D eigenvalue weighted by Crippen LogP contribution is -2.52. The van der Waals surface area contributed by atoms with E-state index in [4.69, 9.17) is 4.74 Å². The second kappa shape index (κ2) is 14.4. The Bertz CT molecular complexity index is 1510. The van der Waals surface area contributed by atoms with Gasteiger partial charge in [-0.1, -0.05) is 49.7 Å². The molecule has 232 valence electrons. The van der Waals surface area contributed by atoms with E-state index < -0.39 is 46.2 Å². The zero-order valence-electron chi connectivity index (χ0n) is 24.5. The lowest BCUT2D eigenvalue weighted by atomic mass is 10.1. The van der Waals surface area contributed by atoms with Gasteiger partial charge in [0.05, 0.1) is 23.3 Å². The van der Waals surface area contributed by atoms with Gasteiger partial charge in [0.25, 0.3) is 10.0 Å². The summed E-state index contributed by atoms with van der Waals surface area (Å²) in [5.41, 5.74) is -0.0239. The maximum absolute atomic E-state index is 14.1. The Labute approximate surface area is 250 Å². The van der Waals surface area contributed by atoms with Gasteiger partial charge in [-0.2, -0.15) is 13.2 Å². The third kappa shape index (κ3) is 8.50. The van der Waals surface area contributed by atoms with E-state index in [1.807, 2.05) is 6.92 Å². The van der Waals surface area contributed by atoms with Crippen molar-refractivity contribution in [3.8, 4) is 5.75 Å². The van der Waals surface area contributed by atoms with Crippen molar-refractivity contribution < 1.29 is 35.9 Å². The molecule has 0 saturated carbocycles. The first-order valence-electron chi connectivity index (χ1n) is 13.8. The van der Waals surface area contributed by atoms with Crippen LogP contribution < -0.4 is 14.4 Å². The van der Waals surface area contributed by atoms with Crippen LogP contribution in [0.4, 0.5) is 18.9 Å². The van der Waals surface area contributed by atoms with Gasteiger partial charge in [-0.05, 0) is 67.8 Å². The number of methoxy groups -OCH3 is 1. The van der Waals surface area contributed by atoms with Gasteiger partial charge in [-0.15, -0.1) is 0 Å². The summed E-state index contributed by atoms with van der Waals surface area (Å²) in [4.78, 5) is 28.3. The van der Waals surface area contributed by atoms with Crippen molar-refractivity contribution in [2.75, 3.05) is 24.5 Å². The van der Waals surface area contributed by atoms with Crippen LogP contribution in [0.2, 0.25) is 0 Å². The van der Waals surface area contributed by atoms with Crippen molar-refractivity contribution in [1.82, 2.24) is 10.2 Å². The number of benzene rings is 3. The van der Waals surface area contributed by atoms with Crippen LogP contribution >= 0.6 is 0 Å². The van der Waals surface area contributed by atoms with E-state index >= 15 is 0 Å². The van der Waals surface area contributed by atoms with Crippen LogP contribution in [0, 0.1) is 6.92 Å². The number of nitrogens with zero attached hydrogens (tertiary/aromatic N) is 2. The van der Waals surface area contributed by atoms with Gasteiger partial charge in [-0.25, -0.2) is 8.42 Å². The number of sulfonamides is 1. The highest BCUT2D eigenvalue weighted by atomic mass is 32.2. The predicted octanol–water partition coefficient (Wildman–Crippen LogP) is 5.55. The van der Waals surface area contributed by atoms with E-state index in [9.17, 15) is 31.2 Å². The van der Waals surface area contributed by atoms with Gasteiger partial charge < -0.3 is 15.0 Å². The first-order chi connectivity index (χ1) is 20.3. The molecule has 0 bridgehead atoms. The monoisotopic (exact) mass is 619 g/mol. The molecular formula is C31H36F3N3O5S. The van der Waals surface area contributed by atoms with E-state index in [0.29, 0.717) is 34.7 Å². The summed E-state index contributed by atoms with van der Waals surface area (Å²) in [5.74, 6) is -0.678. The number of hydrogen-bond donors (Lipinski definition) is 1. The van der Waals surface area contributed by atoms with Crippen molar-refractivity contribution >= 4 is 27.5 Å². The molecule has 1 N–H and O–H groups in total. The summed E-state index contributed by atoms with van der Waals surface area (Å²) in [5, 5.41) is 2.78. The molecule has 0 aliphatic heterocycles. The molecule has 0 heterocycles. The topological polar surface area (TPSA) is 96.0 Å². The van der Waals surface area contributed by atoms with Crippen molar-refractivity contribution in [2.45, 2.75) is 57.3 Å². The number of aryl methyl sites for hydroxylation is 1. The van der Waals surface area contributed by atoms with Gasteiger partial charge in [0.15, 0.2) is 0 Å². The normalized spacial score (nSPS) is 12.3. The minimum absolute atomic E-state index is 0.0743. The number of ether oxygens (including phenoxy) is 1. The zero-order valence-corrected chi connectivity index (χ0v) is 25.3. The molecule has 2 amide bonds. The van der Waals surface area contributed by atoms with E-state index in [2.05, 4.69) is 5.32 Å². The standard InChI is InChI=1S/C31H36F3N3O5S/c1-5-17-35-30(39)28(6-2)36(20-23-9-7-12-26(18-23)42-4)29(38)21-37(25-11-8-10-24(19-25)31(32,33)34)43(40,41)27-15-13-22(3)14-16-27/h7-16,18-19,28H,5-6,17,20-21H2,1-4H3,(H,35,39). The van der Waals surface area contributed by atoms with Gasteiger partial charge in [0.1, 0.15) is 18.3 Å². The highest BCUT2D eigenvalue weighted by Crippen LogP contribution is 2.33. The van der Waals surface area contributed by atoms with Crippen molar-refractivity contribution in [2.24, 2.45) is 0 Å². The molecule has 0 aromatic heterocycles. The maximum atomic E-state index is 14.1. The Balaban J connectivity index is 2.12. The average Bonchev–Trinajstić information content (AvgIpc) is 2.98. The molecule has 1 unspecified atom stereocenters. The second-order valence-electron chi connectivity index (χ2n) is 9.96. The number of halogens is 3. The highest BCUT2D eigenvalue weighted by Gasteiger charge is 2.36. The molecule has 0 aliphatic rings. The summed E-state index contributed by atoms with van der Waals surface area (Å²) >= 11 is 0. The lowest BCUT2D eigenvalue weighted by molar-refractivity contribution is -0.140. The Morgan fingerprint density at radius 1 is 0.977 bits per heavy atom. The number of alkyl halides is 3. The minimum atomic E-state index is -4.75. The first kappa shape index (κ1) is 33.4. The number of carbonyl (C=O) groups is 2. The molecule has 0 saturated heterocycles. The molecule has 3 aromatic carbocycles. The van der Waals surface area contributed by atoms with Crippen LogP contribution in [0.3, 0.4) is 0 Å². The van der Waals surface area contributed by atoms with Crippen LogP contribution in [0.5, 0.6) is 5.75 Å². The minimum Gasteiger partial charge on any atom is -0.497 e. The highest BCUT2D eigenvalue weighted by molar-refractivity contribution is 7.92. The molecule has 3 aromatic rings. The molecule has 3 rings (SSSR count). The number of nitrogens with one attached hydrogen (secondary N) is 1. The van der Waals surface area contributed by atoms with Gasteiger partial charge >= 0.3 is 6.18 Å². The first-order valence-corrected chi connectivity index (χ1v) is 15.2. The Morgan fingerprint density at radius 3 is 2.26 bits per heavy atom. The van der Waals surface area contributed by atoms with Crippen molar-refractivity contribution in [1.29, 1.82) is 0 Å². The summed E-state index contributed by atoms with van der Waals surface area (Å²) in [6.45, 7) is 4.80. The van der Waals surface area contributed by atoms with Crippen LogP contribution in [0.1, 0.15) is 43.4 Å². The molecule has 0 aliphatic carbocycles. The van der Waals surface area contributed by atoms with Crippen molar-refractivity contribution in [3.63, 3.8) is 0 Å². The van der Waals surface area contributed by atoms with Crippen LogP contribution in [0.25, 0.3) is 0 Å². The van der Waals surface area contributed by atoms with E-state index in [-0.39, 0.29) is 23.5 Å². The molecule has 12 heteroatoms. The Hall–Kier alpha value is -4.06. The largest absolute Gasteiger partial charge is 0.497 e. The Morgan fingerprint density at radius 2 is 1.65 bits per heavy atom. The van der Waals surface area contributed by atoms with Crippen LogP contribution in [-0.4, -0.2) is 51.4 Å². The van der Waals surface area contributed by atoms with E-state index in [0.717, 1.165) is 17.7 Å². The summed E-state index contributed by atoms with van der Waals surface area (Å²) < 4.78 is 74.6. The van der Waals surface area contributed by atoms with Gasteiger partial charge in [-0.3, -0.25) is 13.9 Å². The fourth-order valence-corrected chi connectivity index (χ4v) is 5.86. The number of anilines is 1. The smallest absolute Gasteiger partial charge is 0.416 e. The molecular weight excluding hydrogens is 583 g/mol. The van der Waals surface area contributed by atoms with Crippen LogP contribution in [-0.2, 0) is 32.3 Å².